The van der Waals surface area contributed by atoms with Gasteiger partial charge in [0.25, 0.3) is 0 Å². The maximum absolute atomic E-state index is 9.29. The van der Waals surface area contributed by atoms with Crippen molar-refractivity contribution in [1.82, 2.24) is 0 Å². The van der Waals surface area contributed by atoms with Crippen LogP contribution in [0, 0.1) is 18.3 Å². The maximum atomic E-state index is 9.29. The van der Waals surface area contributed by atoms with Crippen LogP contribution < -0.4 is 4.90 Å². The third-order valence-electron chi connectivity index (χ3n) is 3.93. The molecule has 0 amide bonds. The third-order valence-corrected chi connectivity index (χ3v) is 3.93. The summed E-state index contributed by atoms with van der Waals surface area (Å²) in [5, 5.41) is 9.29. The van der Waals surface area contributed by atoms with E-state index >= 15 is 0 Å². The van der Waals surface area contributed by atoms with Crippen molar-refractivity contribution < 1.29 is 0 Å². The number of nitrogens with zero attached hydrogens (tertiary/aromatic N) is 2. The zero-order chi connectivity index (χ0) is 13.0. The van der Waals surface area contributed by atoms with E-state index in [9.17, 15) is 5.26 Å². The topological polar surface area (TPSA) is 27.0 Å². The monoisotopic (exact) mass is 242 g/mol. The van der Waals surface area contributed by atoms with Crippen LogP contribution in [0.15, 0.2) is 18.2 Å². The average molecular weight is 242 g/mol. The van der Waals surface area contributed by atoms with Gasteiger partial charge in [0, 0.05) is 12.6 Å². The van der Waals surface area contributed by atoms with Crippen molar-refractivity contribution in [3.63, 3.8) is 0 Å². The van der Waals surface area contributed by atoms with Crippen molar-refractivity contribution >= 4 is 5.69 Å². The molecule has 0 aliphatic carbocycles. The van der Waals surface area contributed by atoms with Crippen molar-refractivity contribution in [2.45, 2.75) is 52.0 Å². The molecule has 0 N–H and O–H groups in total. The van der Waals surface area contributed by atoms with Gasteiger partial charge in [-0.25, -0.2) is 0 Å². The number of anilines is 1. The molecule has 1 atom stereocenters. The quantitative estimate of drug-likeness (QED) is 0.783. The molecule has 0 spiro atoms. The molecule has 0 radical (unpaired) electrons. The van der Waals surface area contributed by atoms with E-state index in [1.807, 2.05) is 12.1 Å². The highest BCUT2D eigenvalue weighted by atomic mass is 15.2. The van der Waals surface area contributed by atoms with Crippen LogP contribution in [-0.4, -0.2) is 12.6 Å². The van der Waals surface area contributed by atoms with Crippen LogP contribution in [0.5, 0.6) is 0 Å². The molecule has 18 heavy (non-hydrogen) atoms. The molecule has 2 heteroatoms. The van der Waals surface area contributed by atoms with Gasteiger partial charge in [0.05, 0.1) is 11.3 Å². The van der Waals surface area contributed by atoms with E-state index in [-0.39, 0.29) is 0 Å². The first kappa shape index (κ1) is 13.0. The first-order valence-corrected chi connectivity index (χ1v) is 7.03. The largest absolute Gasteiger partial charge is 0.367 e. The summed E-state index contributed by atoms with van der Waals surface area (Å²) in [4.78, 5) is 2.47. The molecule has 1 saturated heterocycles. The Morgan fingerprint density at radius 3 is 2.89 bits per heavy atom. The third kappa shape index (κ3) is 2.67. The Morgan fingerprint density at radius 1 is 1.33 bits per heavy atom. The molecule has 1 heterocycles. The minimum atomic E-state index is 0.599. The molecule has 1 fully saturated rings. The average Bonchev–Trinajstić information content (AvgIpc) is 2.63. The fourth-order valence-electron chi connectivity index (χ4n) is 2.89. The second-order valence-electron chi connectivity index (χ2n) is 5.24. The summed E-state index contributed by atoms with van der Waals surface area (Å²) in [6.07, 6.45) is 6.31. The van der Waals surface area contributed by atoms with Gasteiger partial charge < -0.3 is 4.90 Å². The van der Waals surface area contributed by atoms with Gasteiger partial charge in [-0.1, -0.05) is 25.8 Å². The van der Waals surface area contributed by atoms with Crippen LogP contribution in [0.25, 0.3) is 0 Å². The number of benzene rings is 1. The summed E-state index contributed by atoms with van der Waals surface area (Å²) in [5.74, 6) is 0. The molecule has 1 aromatic carbocycles. The first-order valence-electron chi connectivity index (χ1n) is 7.03. The fraction of sp³-hybridized carbons (Fsp3) is 0.562. The van der Waals surface area contributed by atoms with E-state index < -0.39 is 0 Å². The van der Waals surface area contributed by atoms with Crippen molar-refractivity contribution in [2.24, 2.45) is 0 Å². The van der Waals surface area contributed by atoms with Crippen molar-refractivity contribution in [3.05, 3.63) is 29.3 Å². The Balaban J connectivity index is 2.38. The number of nitriles is 1. The minimum absolute atomic E-state index is 0.599. The Kier molecular flexibility index (Phi) is 4.25. The molecule has 96 valence electrons. The fourth-order valence-corrected chi connectivity index (χ4v) is 2.89. The Bertz CT molecular complexity index is 445. The van der Waals surface area contributed by atoms with E-state index in [0.717, 1.165) is 17.8 Å². The van der Waals surface area contributed by atoms with E-state index in [1.54, 1.807) is 0 Å². The van der Waals surface area contributed by atoms with Crippen molar-refractivity contribution in [1.29, 1.82) is 5.26 Å². The molecule has 1 aliphatic heterocycles. The lowest BCUT2D eigenvalue weighted by molar-refractivity contribution is 0.556. The highest BCUT2D eigenvalue weighted by molar-refractivity contribution is 5.61. The second kappa shape index (κ2) is 5.91. The van der Waals surface area contributed by atoms with Gasteiger partial charge in [-0.2, -0.15) is 5.26 Å². The normalized spacial score (nSPS) is 20.3. The molecular formula is C16H22N2. The number of hydrogen-bond donors (Lipinski definition) is 0. The Hall–Kier alpha value is -1.49. The molecule has 0 bridgehead atoms. The van der Waals surface area contributed by atoms with Gasteiger partial charge >= 0.3 is 0 Å². The predicted molar refractivity (Wildman–Crippen MR) is 75.8 cm³/mol. The van der Waals surface area contributed by atoms with Gasteiger partial charge in [-0.3, -0.25) is 0 Å². The molecular weight excluding hydrogens is 220 g/mol. The van der Waals surface area contributed by atoms with Crippen LogP contribution in [0.3, 0.4) is 0 Å². The number of rotatable bonds is 2. The number of hydrogen-bond acceptors (Lipinski definition) is 2. The molecule has 0 saturated carbocycles. The van der Waals surface area contributed by atoms with Crippen LogP contribution >= 0.6 is 0 Å². The summed E-state index contributed by atoms with van der Waals surface area (Å²) in [7, 11) is 0. The summed E-state index contributed by atoms with van der Waals surface area (Å²) < 4.78 is 0. The highest BCUT2D eigenvalue weighted by Gasteiger charge is 2.21. The van der Waals surface area contributed by atoms with Gasteiger partial charge in [-0.05, 0) is 43.9 Å². The SMILES string of the molecule is CCC1CCCCCN1c1cc(C)ccc1C#N. The zero-order valence-electron chi connectivity index (χ0n) is 11.4. The minimum Gasteiger partial charge on any atom is -0.367 e. The summed E-state index contributed by atoms with van der Waals surface area (Å²) in [6.45, 7) is 5.45. The maximum Gasteiger partial charge on any atom is 0.101 e. The van der Waals surface area contributed by atoms with E-state index in [0.29, 0.717) is 6.04 Å². The van der Waals surface area contributed by atoms with Crippen LogP contribution in [0.2, 0.25) is 0 Å². The van der Waals surface area contributed by atoms with Gasteiger partial charge in [0.1, 0.15) is 6.07 Å². The Labute approximate surface area is 110 Å². The van der Waals surface area contributed by atoms with Crippen LogP contribution in [0.4, 0.5) is 5.69 Å². The van der Waals surface area contributed by atoms with E-state index in [1.165, 1.54) is 37.7 Å². The molecule has 1 unspecified atom stereocenters. The second-order valence-corrected chi connectivity index (χ2v) is 5.24. The highest BCUT2D eigenvalue weighted by Crippen LogP contribution is 2.29. The molecule has 2 nitrogen and oxygen atoms in total. The van der Waals surface area contributed by atoms with Crippen LogP contribution in [0.1, 0.15) is 50.2 Å². The summed E-state index contributed by atoms with van der Waals surface area (Å²) in [6, 6.07) is 9.10. The summed E-state index contributed by atoms with van der Waals surface area (Å²) >= 11 is 0. The van der Waals surface area contributed by atoms with Gasteiger partial charge in [0.15, 0.2) is 0 Å². The molecule has 1 aromatic rings. The molecule has 2 rings (SSSR count). The van der Waals surface area contributed by atoms with Gasteiger partial charge in [-0.15, -0.1) is 0 Å². The lowest BCUT2D eigenvalue weighted by Crippen LogP contribution is -2.34. The molecule has 1 aliphatic rings. The smallest absolute Gasteiger partial charge is 0.101 e. The van der Waals surface area contributed by atoms with E-state index in [2.05, 4.69) is 30.9 Å². The lowest BCUT2D eigenvalue weighted by Gasteiger charge is -2.32. The molecule has 0 aromatic heterocycles. The van der Waals surface area contributed by atoms with Crippen molar-refractivity contribution in [3.8, 4) is 6.07 Å². The Morgan fingerprint density at radius 2 is 2.17 bits per heavy atom. The lowest BCUT2D eigenvalue weighted by atomic mass is 10.0. The first-order chi connectivity index (χ1) is 8.76. The zero-order valence-corrected chi connectivity index (χ0v) is 11.4. The van der Waals surface area contributed by atoms with E-state index in [4.69, 9.17) is 0 Å². The number of aryl methyl sites for hydroxylation is 1. The van der Waals surface area contributed by atoms with Crippen molar-refractivity contribution in [2.75, 3.05) is 11.4 Å². The standard InChI is InChI=1S/C16H22N2/c1-3-15-7-5-4-6-10-18(15)16-11-13(2)8-9-14(16)12-17/h8-9,11,15H,3-7,10H2,1-2H3. The van der Waals surface area contributed by atoms with Gasteiger partial charge in [0.2, 0.25) is 0 Å². The summed E-state index contributed by atoms with van der Waals surface area (Å²) in [5.41, 5.74) is 3.20. The van der Waals surface area contributed by atoms with Crippen LogP contribution in [-0.2, 0) is 0 Å². The predicted octanol–water partition coefficient (Wildman–Crippen LogP) is 4.03.